The highest BCUT2D eigenvalue weighted by Crippen LogP contribution is 2.30. The van der Waals surface area contributed by atoms with Crippen molar-refractivity contribution in [2.24, 2.45) is 0 Å². The smallest absolute Gasteiger partial charge is 0.168 e. The molecule has 0 unspecified atom stereocenters. The van der Waals surface area contributed by atoms with Crippen LogP contribution in [0.3, 0.4) is 0 Å². The van der Waals surface area contributed by atoms with Gasteiger partial charge in [-0.15, -0.1) is 11.8 Å². The number of benzene rings is 2. The molecule has 0 aliphatic heterocycles. The first kappa shape index (κ1) is 16.6. The molecular weight excluding hydrogens is 342 g/mol. The first-order chi connectivity index (χ1) is 12.7. The van der Waals surface area contributed by atoms with Crippen molar-refractivity contribution in [2.45, 2.75) is 18.7 Å². The van der Waals surface area contributed by atoms with Crippen LogP contribution in [0.4, 0.5) is 11.5 Å². The zero-order valence-electron chi connectivity index (χ0n) is 14.9. The van der Waals surface area contributed by atoms with Crippen LogP contribution in [0.25, 0.3) is 16.7 Å². The third kappa shape index (κ3) is 2.93. The van der Waals surface area contributed by atoms with E-state index in [4.69, 9.17) is 0 Å². The van der Waals surface area contributed by atoms with Crippen LogP contribution in [-0.2, 0) is 0 Å². The van der Waals surface area contributed by atoms with E-state index >= 15 is 0 Å². The van der Waals surface area contributed by atoms with Gasteiger partial charge in [0.2, 0.25) is 0 Å². The minimum Gasteiger partial charge on any atom is -0.339 e. The van der Waals surface area contributed by atoms with Gasteiger partial charge < -0.3 is 5.32 Å². The lowest BCUT2D eigenvalue weighted by Gasteiger charge is -2.11. The Bertz CT molecular complexity index is 1090. The summed E-state index contributed by atoms with van der Waals surface area (Å²) in [4.78, 5) is 10.1. The van der Waals surface area contributed by atoms with Crippen molar-refractivity contribution in [3.8, 4) is 5.69 Å². The molecule has 2 aromatic heterocycles. The summed E-state index contributed by atoms with van der Waals surface area (Å²) in [7, 11) is 0. The first-order valence-corrected chi connectivity index (χ1v) is 9.56. The SMILES string of the molecule is CSc1ccccc1Nc1ncnc2c1cnn2-c1ccc(C)cc1C. The van der Waals surface area contributed by atoms with Crippen molar-refractivity contribution >= 4 is 34.3 Å². The quantitative estimate of drug-likeness (QED) is 0.524. The van der Waals surface area contributed by atoms with Gasteiger partial charge in [0.1, 0.15) is 12.1 Å². The molecule has 0 spiro atoms. The van der Waals surface area contributed by atoms with E-state index in [1.54, 1.807) is 18.1 Å². The Morgan fingerprint density at radius 2 is 1.88 bits per heavy atom. The van der Waals surface area contributed by atoms with Crippen LogP contribution in [0.1, 0.15) is 11.1 Å². The van der Waals surface area contributed by atoms with E-state index in [2.05, 4.69) is 64.8 Å². The molecule has 0 aliphatic carbocycles. The summed E-state index contributed by atoms with van der Waals surface area (Å²) in [5.74, 6) is 0.757. The van der Waals surface area contributed by atoms with E-state index in [0.29, 0.717) is 0 Å². The number of aryl methyl sites for hydroxylation is 2. The van der Waals surface area contributed by atoms with Gasteiger partial charge in [0.25, 0.3) is 0 Å². The Hall–Kier alpha value is -2.86. The number of hydrogen-bond donors (Lipinski definition) is 1. The Kier molecular flexibility index (Phi) is 4.34. The Morgan fingerprint density at radius 3 is 2.69 bits per heavy atom. The third-order valence-electron chi connectivity index (χ3n) is 4.31. The van der Waals surface area contributed by atoms with Crippen LogP contribution < -0.4 is 5.32 Å². The minimum atomic E-state index is 0.757. The second-order valence-corrected chi connectivity index (χ2v) is 6.98. The fraction of sp³-hybridized carbons (Fsp3) is 0.150. The van der Waals surface area contributed by atoms with Gasteiger partial charge in [0.15, 0.2) is 5.65 Å². The molecule has 26 heavy (non-hydrogen) atoms. The van der Waals surface area contributed by atoms with Crippen molar-refractivity contribution in [3.05, 3.63) is 66.1 Å². The number of hydrogen-bond acceptors (Lipinski definition) is 5. The maximum atomic E-state index is 4.57. The molecule has 0 saturated heterocycles. The largest absolute Gasteiger partial charge is 0.339 e. The maximum Gasteiger partial charge on any atom is 0.168 e. The number of rotatable bonds is 4. The van der Waals surface area contributed by atoms with Crippen LogP contribution in [0, 0.1) is 13.8 Å². The highest BCUT2D eigenvalue weighted by atomic mass is 32.2. The molecule has 4 aromatic rings. The van der Waals surface area contributed by atoms with Crippen molar-refractivity contribution in [1.29, 1.82) is 0 Å². The normalized spacial score (nSPS) is 11.0. The van der Waals surface area contributed by atoms with E-state index in [1.807, 2.05) is 29.1 Å². The molecule has 0 bridgehead atoms. The Labute approximate surface area is 156 Å². The van der Waals surface area contributed by atoms with Crippen LogP contribution in [0.15, 0.2) is 59.9 Å². The number of thioether (sulfide) groups is 1. The first-order valence-electron chi connectivity index (χ1n) is 8.34. The summed E-state index contributed by atoms with van der Waals surface area (Å²) >= 11 is 1.70. The van der Waals surface area contributed by atoms with Crippen molar-refractivity contribution < 1.29 is 0 Å². The van der Waals surface area contributed by atoms with Crippen LogP contribution in [0.5, 0.6) is 0 Å². The van der Waals surface area contributed by atoms with Gasteiger partial charge >= 0.3 is 0 Å². The van der Waals surface area contributed by atoms with Crippen LogP contribution in [0.2, 0.25) is 0 Å². The van der Waals surface area contributed by atoms with Gasteiger partial charge in [0.05, 0.1) is 23.0 Å². The molecule has 0 atom stereocenters. The maximum absolute atomic E-state index is 4.57. The van der Waals surface area contributed by atoms with E-state index in [0.717, 1.165) is 33.8 Å². The fourth-order valence-electron chi connectivity index (χ4n) is 3.04. The van der Waals surface area contributed by atoms with Gasteiger partial charge in [0, 0.05) is 4.90 Å². The molecule has 4 rings (SSSR count). The van der Waals surface area contributed by atoms with Gasteiger partial charge in [-0.2, -0.15) is 5.10 Å². The Morgan fingerprint density at radius 1 is 1.04 bits per heavy atom. The van der Waals surface area contributed by atoms with Gasteiger partial charge in [-0.25, -0.2) is 14.6 Å². The molecule has 6 heteroatoms. The van der Waals surface area contributed by atoms with Crippen molar-refractivity contribution in [2.75, 3.05) is 11.6 Å². The predicted octanol–water partition coefficient (Wildman–Crippen LogP) is 4.90. The van der Waals surface area contributed by atoms with Crippen molar-refractivity contribution in [1.82, 2.24) is 19.7 Å². The molecule has 0 amide bonds. The molecule has 2 aromatic carbocycles. The molecule has 1 N–H and O–H groups in total. The molecule has 0 fully saturated rings. The summed E-state index contributed by atoms with van der Waals surface area (Å²) in [6, 6.07) is 14.5. The summed E-state index contributed by atoms with van der Waals surface area (Å²) < 4.78 is 1.87. The van der Waals surface area contributed by atoms with Gasteiger partial charge in [-0.1, -0.05) is 29.8 Å². The molecule has 5 nitrogen and oxygen atoms in total. The zero-order chi connectivity index (χ0) is 18.1. The molecule has 130 valence electrons. The average Bonchev–Trinajstić information content (AvgIpc) is 3.07. The van der Waals surface area contributed by atoms with Crippen LogP contribution >= 0.6 is 11.8 Å². The summed E-state index contributed by atoms with van der Waals surface area (Å²) in [5.41, 5.74) is 5.24. The highest BCUT2D eigenvalue weighted by Gasteiger charge is 2.13. The second kappa shape index (κ2) is 6.80. The average molecular weight is 361 g/mol. The van der Waals surface area contributed by atoms with E-state index in [9.17, 15) is 0 Å². The Balaban J connectivity index is 1.80. The third-order valence-corrected chi connectivity index (χ3v) is 5.10. The topological polar surface area (TPSA) is 55.6 Å². The number of fused-ring (bicyclic) bond motifs is 1. The van der Waals surface area contributed by atoms with Gasteiger partial charge in [-0.05, 0) is 43.9 Å². The summed E-state index contributed by atoms with van der Waals surface area (Å²) in [6.45, 7) is 4.18. The number of aromatic nitrogens is 4. The number of nitrogens with one attached hydrogen (secondary N) is 1. The standard InChI is InChI=1S/C20H19N5S/c1-13-8-9-17(14(2)10-13)25-20-15(11-23-25)19(21-12-22-20)24-16-6-4-5-7-18(16)26-3/h4-12H,1-3H3,(H,21,22,24). The lowest BCUT2D eigenvalue weighted by Crippen LogP contribution is -2.01. The lowest BCUT2D eigenvalue weighted by atomic mass is 10.1. The van der Waals surface area contributed by atoms with Crippen molar-refractivity contribution in [3.63, 3.8) is 0 Å². The molecule has 0 saturated carbocycles. The molecule has 0 radical (unpaired) electrons. The monoisotopic (exact) mass is 361 g/mol. The predicted molar refractivity (Wildman–Crippen MR) is 108 cm³/mol. The minimum absolute atomic E-state index is 0.757. The second-order valence-electron chi connectivity index (χ2n) is 6.13. The molecular formula is C20H19N5S. The zero-order valence-corrected chi connectivity index (χ0v) is 15.7. The highest BCUT2D eigenvalue weighted by molar-refractivity contribution is 7.98. The number of para-hydroxylation sites is 1. The number of anilines is 2. The summed E-state index contributed by atoms with van der Waals surface area (Å²) in [6.07, 6.45) is 5.46. The summed E-state index contributed by atoms with van der Waals surface area (Å²) in [5, 5.41) is 8.89. The van der Waals surface area contributed by atoms with Crippen LogP contribution in [-0.4, -0.2) is 26.0 Å². The lowest BCUT2D eigenvalue weighted by molar-refractivity contribution is 0.886. The van der Waals surface area contributed by atoms with E-state index in [1.165, 1.54) is 10.5 Å². The van der Waals surface area contributed by atoms with E-state index < -0.39 is 0 Å². The number of nitrogens with zero attached hydrogens (tertiary/aromatic N) is 4. The fourth-order valence-corrected chi connectivity index (χ4v) is 3.59. The molecule has 2 heterocycles. The van der Waals surface area contributed by atoms with E-state index in [-0.39, 0.29) is 0 Å². The molecule has 0 aliphatic rings. The van der Waals surface area contributed by atoms with Gasteiger partial charge in [-0.3, -0.25) is 0 Å².